The van der Waals surface area contributed by atoms with Crippen LogP contribution in [-0.4, -0.2) is 44.2 Å². The van der Waals surface area contributed by atoms with Gasteiger partial charge in [-0.05, 0) is 36.8 Å². The highest BCUT2D eigenvalue weighted by molar-refractivity contribution is 5.88. The SMILES string of the molecule is C=CC(=O)N1CC(c2[nH]c3nnc(-c4ccccc4O)cc3c2C)C1.CC. The van der Waals surface area contributed by atoms with Crippen molar-refractivity contribution in [3.63, 3.8) is 0 Å². The summed E-state index contributed by atoms with van der Waals surface area (Å²) in [4.78, 5) is 16.7. The molecule has 0 unspecified atom stereocenters. The van der Waals surface area contributed by atoms with Gasteiger partial charge in [0.25, 0.3) is 0 Å². The molecule has 6 heteroatoms. The highest BCUT2D eigenvalue weighted by Gasteiger charge is 2.33. The summed E-state index contributed by atoms with van der Waals surface area (Å²) in [5.74, 6) is 0.417. The van der Waals surface area contributed by atoms with E-state index in [2.05, 4.69) is 21.8 Å². The van der Waals surface area contributed by atoms with Crippen LogP contribution in [0.1, 0.15) is 31.0 Å². The molecule has 3 aromatic rings. The minimum absolute atomic E-state index is 0.0355. The maximum atomic E-state index is 11.6. The van der Waals surface area contributed by atoms with Crippen molar-refractivity contribution >= 4 is 16.9 Å². The number of nitrogens with one attached hydrogen (secondary N) is 1. The lowest BCUT2D eigenvalue weighted by Gasteiger charge is -2.38. The van der Waals surface area contributed by atoms with Crippen LogP contribution >= 0.6 is 0 Å². The fraction of sp³-hybridized carbons (Fsp3) is 0.286. The summed E-state index contributed by atoms with van der Waals surface area (Å²) in [6.45, 7) is 10.9. The molecular formula is C21H24N4O2. The maximum absolute atomic E-state index is 11.6. The normalized spacial score (nSPS) is 13.7. The van der Waals surface area contributed by atoms with E-state index < -0.39 is 0 Å². The van der Waals surface area contributed by atoms with Crippen molar-refractivity contribution in [3.05, 3.63) is 54.2 Å². The van der Waals surface area contributed by atoms with Gasteiger partial charge in [-0.25, -0.2) is 0 Å². The second-order valence-corrected chi connectivity index (χ2v) is 6.32. The Kier molecular flexibility index (Phi) is 5.26. The number of aromatic amines is 1. The van der Waals surface area contributed by atoms with Gasteiger partial charge in [0.1, 0.15) is 5.75 Å². The second-order valence-electron chi connectivity index (χ2n) is 6.32. The molecule has 3 heterocycles. The molecule has 6 nitrogen and oxygen atoms in total. The molecule has 0 radical (unpaired) electrons. The van der Waals surface area contributed by atoms with Gasteiger partial charge in [0.05, 0.1) is 5.69 Å². The molecule has 1 saturated heterocycles. The number of aromatic nitrogens is 3. The van der Waals surface area contributed by atoms with Crippen LogP contribution in [-0.2, 0) is 4.79 Å². The molecule has 1 aliphatic heterocycles. The van der Waals surface area contributed by atoms with E-state index in [1.807, 2.05) is 39.0 Å². The first kappa shape index (κ1) is 18.6. The van der Waals surface area contributed by atoms with Gasteiger partial charge < -0.3 is 15.0 Å². The van der Waals surface area contributed by atoms with Crippen molar-refractivity contribution in [2.24, 2.45) is 0 Å². The standard InChI is InChI=1S/C19H18N4O2.C2H6/c1-3-17(25)23-9-12(10-23)18-11(2)14-8-15(21-22-19(14)20-18)13-6-4-5-7-16(13)24;1-2/h3-8,12,24H,1,9-10H2,2H3,(H,20,22);1-2H3. The predicted octanol–water partition coefficient (Wildman–Crippen LogP) is 3.78. The van der Waals surface area contributed by atoms with E-state index in [1.165, 1.54) is 6.08 Å². The van der Waals surface area contributed by atoms with E-state index in [0.29, 0.717) is 24.3 Å². The first-order valence-corrected chi connectivity index (χ1v) is 9.14. The quantitative estimate of drug-likeness (QED) is 0.693. The molecule has 4 rings (SSSR count). The van der Waals surface area contributed by atoms with Crippen LogP contribution in [0, 0.1) is 6.92 Å². The molecule has 27 heavy (non-hydrogen) atoms. The van der Waals surface area contributed by atoms with Crippen molar-refractivity contribution < 1.29 is 9.90 Å². The average molecular weight is 364 g/mol. The van der Waals surface area contributed by atoms with Gasteiger partial charge in [0.15, 0.2) is 5.65 Å². The molecule has 2 N–H and O–H groups in total. The summed E-state index contributed by atoms with van der Waals surface area (Å²) >= 11 is 0. The number of hydrogen-bond donors (Lipinski definition) is 2. The van der Waals surface area contributed by atoms with Crippen molar-refractivity contribution in [2.75, 3.05) is 13.1 Å². The molecule has 140 valence electrons. The summed E-state index contributed by atoms with van der Waals surface area (Å²) in [5, 5.41) is 19.5. The first-order chi connectivity index (χ1) is 13.1. The van der Waals surface area contributed by atoms with Crippen LogP contribution in [0.25, 0.3) is 22.3 Å². The Bertz CT molecular complexity index is 987. The number of phenols is 1. The van der Waals surface area contributed by atoms with Gasteiger partial charge in [0, 0.05) is 35.7 Å². The van der Waals surface area contributed by atoms with Crippen molar-refractivity contribution in [3.8, 4) is 17.0 Å². The van der Waals surface area contributed by atoms with E-state index in [-0.39, 0.29) is 17.6 Å². The molecular weight excluding hydrogens is 340 g/mol. The number of likely N-dealkylation sites (tertiary alicyclic amines) is 1. The summed E-state index contributed by atoms with van der Waals surface area (Å²) < 4.78 is 0. The molecule has 1 amide bonds. The van der Waals surface area contributed by atoms with Gasteiger partial charge in [-0.15, -0.1) is 10.2 Å². The Morgan fingerprint density at radius 1 is 1.30 bits per heavy atom. The zero-order chi connectivity index (χ0) is 19.6. The summed E-state index contributed by atoms with van der Waals surface area (Å²) in [5.41, 5.74) is 4.21. The number of rotatable bonds is 3. The molecule has 2 aromatic heterocycles. The van der Waals surface area contributed by atoms with Gasteiger partial charge >= 0.3 is 0 Å². The number of benzene rings is 1. The molecule has 0 atom stereocenters. The van der Waals surface area contributed by atoms with Gasteiger partial charge in [-0.1, -0.05) is 32.6 Å². The predicted molar refractivity (Wildman–Crippen MR) is 107 cm³/mol. The molecule has 0 aliphatic carbocycles. The number of fused-ring (bicyclic) bond motifs is 1. The third kappa shape index (κ3) is 3.30. The lowest BCUT2D eigenvalue weighted by atomic mass is 9.93. The third-order valence-electron chi connectivity index (χ3n) is 4.81. The van der Waals surface area contributed by atoms with E-state index in [0.717, 1.165) is 22.3 Å². The number of carbonyl (C=O) groups excluding carboxylic acids is 1. The zero-order valence-electron chi connectivity index (χ0n) is 15.9. The Labute approximate surface area is 158 Å². The molecule has 1 aromatic carbocycles. The molecule has 0 saturated carbocycles. The van der Waals surface area contributed by atoms with Crippen LogP contribution in [0.5, 0.6) is 5.75 Å². The average Bonchev–Trinajstić information content (AvgIpc) is 2.98. The molecule has 1 aliphatic rings. The monoisotopic (exact) mass is 364 g/mol. The van der Waals surface area contributed by atoms with Crippen LogP contribution in [0.3, 0.4) is 0 Å². The number of nitrogens with zero attached hydrogens (tertiary/aromatic N) is 3. The fourth-order valence-electron chi connectivity index (χ4n) is 3.34. The first-order valence-electron chi connectivity index (χ1n) is 9.14. The number of hydrogen-bond acceptors (Lipinski definition) is 4. The van der Waals surface area contributed by atoms with E-state index in [9.17, 15) is 9.90 Å². The van der Waals surface area contributed by atoms with Crippen LogP contribution in [0.2, 0.25) is 0 Å². The van der Waals surface area contributed by atoms with Crippen molar-refractivity contribution in [1.82, 2.24) is 20.1 Å². The Morgan fingerprint density at radius 2 is 2.00 bits per heavy atom. The highest BCUT2D eigenvalue weighted by atomic mass is 16.3. The summed E-state index contributed by atoms with van der Waals surface area (Å²) in [6.07, 6.45) is 1.35. The number of carbonyl (C=O) groups is 1. The second kappa shape index (κ2) is 7.61. The van der Waals surface area contributed by atoms with Crippen molar-refractivity contribution in [1.29, 1.82) is 0 Å². The summed E-state index contributed by atoms with van der Waals surface area (Å²) in [6, 6.07) is 9.03. The number of aromatic hydroxyl groups is 1. The summed E-state index contributed by atoms with van der Waals surface area (Å²) in [7, 11) is 0. The molecule has 0 spiro atoms. The maximum Gasteiger partial charge on any atom is 0.245 e. The van der Waals surface area contributed by atoms with Crippen LogP contribution < -0.4 is 0 Å². The highest BCUT2D eigenvalue weighted by Crippen LogP contribution is 2.34. The van der Waals surface area contributed by atoms with E-state index in [1.54, 1.807) is 17.0 Å². The van der Waals surface area contributed by atoms with E-state index in [4.69, 9.17) is 0 Å². The number of amides is 1. The lowest BCUT2D eigenvalue weighted by Crippen LogP contribution is -2.48. The molecule has 0 bridgehead atoms. The number of H-pyrrole nitrogens is 1. The fourth-order valence-corrected chi connectivity index (χ4v) is 3.34. The Balaban J connectivity index is 0.00000102. The van der Waals surface area contributed by atoms with Crippen molar-refractivity contribution in [2.45, 2.75) is 26.7 Å². The smallest absolute Gasteiger partial charge is 0.245 e. The minimum atomic E-state index is -0.0355. The van der Waals surface area contributed by atoms with E-state index >= 15 is 0 Å². The number of aryl methyl sites for hydroxylation is 1. The Hall–Kier alpha value is -3.15. The Morgan fingerprint density at radius 3 is 2.67 bits per heavy atom. The lowest BCUT2D eigenvalue weighted by molar-refractivity contribution is -0.130. The number of phenolic OH excluding ortho intramolecular Hbond substituents is 1. The topological polar surface area (TPSA) is 82.1 Å². The van der Waals surface area contributed by atoms with Gasteiger partial charge in [-0.2, -0.15) is 0 Å². The minimum Gasteiger partial charge on any atom is -0.507 e. The third-order valence-corrected chi connectivity index (χ3v) is 4.81. The van der Waals surface area contributed by atoms with Crippen LogP contribution in [0.4, 0.5) is 0 Å². The largest absolute Gasteiger partial charge is 0.507 e. The molecule has 1 fully saturated rings. The van der Waals surface area contributed by atoms with Gasteiger partial charge in [0.2, 0.25) is 5.91 Å². The van der Waals surface area contributed by atoms with Crippen LogP contribution in [0.15, 0.2) is 43.0 Å². The number of para-hydroxylation sites is 1. The van der Waals surface area contributed by atoms with Gasteiger partial charge in [-0.3, -0.25) is 4.79 Å². The zero-order valence-corrected chi connectivity index (χ0v) is 15.9.